The maximum Gasteiger partial charge on any atom is 0.0946 e. The highest BCUT2D eigenvalue weighted by atomic mass is 15.1. The Morgan fingerprint density at radius 1 is 1.38 bits per heavy atom. The molecule has 0 spiro atoms. The minimum atomic E-state index is -0.288. The lowest BCUT2D eigenvalue weighted by Crippen LogP contribution is -2.31. The Balaban J connectivity index is 3.93. The number of hydrogen-bond acceptors (Lipinski definition) is 3. The van der Waals surface area contributed by atoms with Gasteiger partial charge in [-0.25, -0.2) is 0 Å². The van der Waals surface area contributed by atoms with Gasteiger partial charge in [0.1, 0.15) is 0 Å². The quantitative estimate of drug-likeness (QED) is 0.661. The third-order valence-electron chi connectivity index (χ3n) is 2.24. The molecule has 0 aromatic rings. The lowest BCUT2D eigenvalue weighted by atomic mass is 9.91. The van der Waals surface area contributed by atoms with Crippen LogP contribution in [0, 0.1) is 28.1 Å². The fraction of sp³-hybridized carbons (Fsp3) is 0.800. The van der Waals surface area contributed by atoms with Crippen LogP contribution in [0.5, 0.6) is 0 Å². The van der Waals surface area contributed by atoms with Gasteiger partial charge in [0, 0.05) is 6.54 Å². The van der Waals surface area contributed by atoms with E-state index in [1.807, 2.05) is 32.7 Å². The molecule has 1 unspecified atom stereocenters. The van der Waals surface area contributed by atoms with Crippen LogP contribution in [0.4, 0.5) is 0 Å². The van der Waals surface area contributed by atoms with Crippen molar-refractivity contribution in [2.24, 2.45) is 5.41 Å². The topological polar surface area (TPSA) is 50.8 Å². The minimum Gasteiger partial charge on any atom is -0.291 e. The lowest BCUT2D eigenvalue weighted by Gasteiger charge is -2.22. The van der Waals surface area contributed by atoms with E-state index in [2.05, 4.69) is 12.1 Å². The summed E-state index contributed by atoms with van der Waals surface area (Å²) in [7, 11) is 1.90. The normalized spacial score (nSPS) is 13.5. The van der Waals surface area contributed by atoms with E-state index in [1.165, 1.54) is 0 Å². The number of rotatable bonds is 4. The third kappa shape index (κ3) is 4.50. The summed E-state index contributed by atoms with van der Waals surface area (Å²) in [6.07, 6.45) is 0.798. The first-order valence-corrected chi connectivity index (χ1v) is 4.44. The van der Waals surface area contributed by atoms with Crippen LogP contribution in [-0.4, -0.2) is 24.5 Å². The van der Waals surface area contributed by atoms with Gasteiger partial charge in [-0.1, -0.05) is 0 Å². The Morgan fingerprint density at radius 3 is 2.31 bits per heavy atom. The highest BCUT2D eigenvalue weighted by Gasteiger charge is 2.18. The van der Waals surface area contributed by atoms with Crippen molar-refractivity contribution < 1.29 is 0 Å². The van der Waals surface area contributed by atoms with Crippen LogP contribution >= 0.6 is 0 Å². The van der Waals surface area contributed by atoms with Crippen LogP contribution < -0.4 is 0 Å². The summed E-state index contributed by atoms with van der Waals surface area (Å²) in [6, 6.07) is 4.33. The number of nitriles is 2. The molecular weight excluding hydrogens is 162 g/mol. The zero-order chi connectivity index (χ0) is 10.5. The summed E-state index contributed by atoms with van der Waals surface area (Å²) < 4.78 is 0. The highest BCUT2D eigenvalue weighted by Crippen LogP contribution is 2.18. The van der Waals surface area contributed by atoms with Crippen molar-refractivity contribution in [2.45, 2.75) is 33.2 Å². The predicted molar refractivity (Wildman–Crippen MR) is 51.7 cm³/mol. The van der Waals surface area contributed by atoms with Crippen LogP contribution in [0.25, 0.3) is 0 Å². The highest BCUT2D eigenvalue weighted by molar-refractivity contribution is 4.93. The van der Waals surface area contributed by atoms with Gasteiger partial charge >= 0.3 is 0 Å². The molecule has 1 atom stereocenters. The molecule has 0 saturated carbocycles. The van der Waals surface area contributed by atoms with E-state index in [4.69, 9.17) is 10.5 Å². The molecule has 13 heavy (non-hydrogen) atoms. The summed E-state index contributed by atoms with van der Waals surface area (Å²) in [6.45, 7) is 6.48. The molecule has 0 aliphatic heterocycles. The first-order valence-electron chi connectivity index (χ1n) is 4.44. The van der Waals surface area contributed by atoms with Crippen molar-refractivity contribution in [1.82, 2.24) is 4.90 Å². The Morgan fingerprint density at radius 2 is 1.92 bits per heavy atom. The van der Waals surface area contributed by atoms with Gasteiger partial charge < -0.3 is 0 Å². The van der Waals surface area contributed by atoms with Crippen LogP contribution in [0.1, 0.15) is 27.2 Å². The second-order valence-electron chi connectivity index (χ2n) is 4.03. The summed E-state index contributed by atoms with van der Waals surface area (Å²) in [5.74, 6) is 0. The zero-order valence-electron chi connectivity index (χ0n) is 8.83. The molecule has 0 aromatic carbocycles. The fourth-order valence-corrected chi connectivity index (χ4v) is 0.804. The molecule has 0 amide bonds. The second kappa shape index (κ2) is 4.84. The molecule has 3 heteroatoms. The molecule has 0 fully saturated rings. The van der Waals surface area contributed by atoms with Crippen molar-refractivity contribution in [3.63, 3.8) is 0 Å². The van der Waals surface area contributed by atoms with Gasteiger partial charge in [-0.05, 0) is 34.2 Å². The van der Waals surface area contributed by atoms with E-state index in [0.717, 1.165) is 13.0 Å². The standard InChI is InChI=1S/C10H17N3/c1-9(7-11)13(4)6-5-10(2,3)8-12/h9H,5-6H2,1-4H3. The molecule has 0 radical (unpaired) electrons. The Kier molecular flexibility index (Phi) is 4.45. The Hall–Kier alpha value is -1.06. The van der Waals surface area contributed by atoms with E-state index in [1.54, 1.807) is 0 Å². The van der Waals surface area contributed by atoms with Gasteiger partial charge in [0.05, 0.1) is 23.6 Å². The van der Waals surface area contributed by atoms with E-state index < -0.39 is 0 Å². The number of nitrogens with zero attached hydrogens (tertiary/aromatic N) is 3. The molecule has 72 valence electrons. The summed E-state index contributed by atoms with van der Waals surface area (Å²) in [5.41, 5.74) is -0.288. The predicted octanol–water partition coefficient (Wildman–Crippen LogP) is 1.77. The van der Waals surface area contributed by atoms with Gasteiger partial charge in [-0.3, -0.25) is 4.90 Å². The molecule has 0 aliphatic carbocycles. The minimum absolute atomic E-state index is 0.0745. The average Bonchev–Trinajstić information content (AvgIpc) is 2.13. The molecule has 0 bridgehead atoms. The van der Waals surface area contributed by atoms with Gasteiger partial charge in [-0.2, -0.15) is 10.5 Å². The Labute approximate surface area is 80.6 Å². The van der Waals surface area contributed by atoms with Gasteiger partial charge in [0.2, 0.25) is 0 Å². The van der Waals surface area contributed by atoms with Gasteiger partial charge in [0.15, 0.2) is 0 Å². The smallest absolute Gasteiger partial charge is 0.0946 e. The summed E-state index contributed by atoms with van der Waals surface area (Å²) >= 11 is 0. The van der Waals surface area contributed by atoms with Crippen LogP contribution in [0.15, 0.2) is 0 Å². The van der Waals surface area contributed by atoms with Crippen LogP contribution in [0.3, 0.4) is 0 Å². The molecule has 0 heterocycles. The fourth-order valence-electron chi connectivity index (χ4n) is 0.804. The summed E-state index contributed by atoms with van der Waals surface area (Å²) in [5, 5.41) is 17.4. The molecule has 0 saturated heterocycles. The third-order valence-corrected chi connectivity index (χ3v) is 2.24. The van der Waals surface area contributed by atoms with Crippen molar-refractivity contribution in [3.8, 4) is 12.1 Å². The van der Waals surface area contributed by atoms with E-state index in [9.17, 15) is 0 Å². The average molecular weight is 179 g/mol. The molecule has 0 N–H and O–H groups in total. The SMILES string of the molecule is CC(C#N)N(C)CCC(C)(C)C#N. The maximum atomic E-state index is 8.77. The molecule has 0 aromatic heterocycles. The largest absolute Gasteiger partial charge is 0.291 e. The van der Waals surface area contributed by atoms with Crippen molar-refractivity contribution in [2.75, 3.05) is 13.6 Å². The molecule has 0 aliphatic rings. The number of hydrogen-bond donors (Lipinski definition) is 0. The second-order valence-corrected chi connectivity index (χ2v) is 4.03. The molecular formula is C10H17N3. The summed E-state index contributed by atoms with van der Waals surface area (Å²) in [4.78, 5) is 1.96. The monoisotopic (exact) mass is 179 g/mol. The molecule has 0 rings (SSSR count). The van der Waals surface area contributed by atoms with E-state index >= 15 is 0 Å². The Bertz CT molecular complexity index is 232. The van der Waals surface area contributed by atoms with Crippen LogP contribution in [0.2, 0.25) is 0 Å². The first kappa shape index (κ1) is 11.9. The van der Waals surface area contributed by atoms with Crippen molar-refractivity contribution in [3.05, 3.63) is 0 Å². The van der Waals surface area contributed by atoms with Crippen LogP contribution in [-0.2, 0) is 0 Å². The lowest BCUT2D eigenvalue weighted by molar-refractivity contribution is 0.263. The zero-order valence-corrected chi connectivity index (χ0v) is 8.83. The van der Waals surface area contributed by atoms with E-state index in [-0.39, 0.29) is 11.5 Å². The maximum absolute atomic E-state index is 8.77. The van der Waals surface area contributed by atoms with Crippen molar-refractivity contribution >= 4 is 0 Å². The van der Waals surface area contributed by atoms with Crippen molar-refractivity contribution in [1.29, 1.82) is 10.5 Å². The van der Waals surface area contributed by atoms with Gasteiger partial charge in [-0.15, -0.1) is 0 Å². The van der Waals surface area contributed by atoms with Gasteiger partial charge in [0.25, 0.3) is 0 Å². The van der Waals surface area contributed by atoms with E-state index in [0.29, 0.717) is 0 Å². The first-order chi connectivity index (χ1) is 5.93. The molecule has 3 nitrogen and oxygen atoms in total.